The van der Waals surface area contributed by atoms with E-state index < -0.39 is 0 Å². The largest absolute Gasteiger partial charge is 0.467 e. The van der Waals surface area contributed by atoms with Crippen molar-refractivity contribution in [2.75, 3.05) is 0 Å². The first-order valence-electron chi connectivity index (χ1n) is 7.76. The van der Waals surface area contributed by atoms with Gasteiger partial charge in [0.1, 0.15) is 11.8 Å². The van der Waals surface area contributed by atoms with Crippen LogP contribution in [-0.2, 0) is 6.42 Å². The zero-order valence-electron chi connectivity index (χ0n) is 13.0. The number of benzene rings is 2. The Morgan fingerprint density at radius 3 is 2.35 bits per heavy atom. The molecule has 0 saturated heterocycles. The van der Waals surface area contributed by atoms with Crippen LogP contribution in [0, 0.1) is 0 Å². The van der Waals surface area contributed by atoms with Crippen LogP contribution < -0.4 is 5.32 Å². The molecular formula is C20H19NO2. The minimum atomic E-state index is -0.301. The van der Waals surface area contributed by atoms with Gasteiger partial charge in [-0.25, -0.2) is 0 Å². The Morgan fingerprint density at radius 1 is 1.00 bits per heavy atom. The molecule has 1 atom stereocenters. The van der Waals surface area contributed by atoms with E-state index in [-0.39, 0.29) is 11.9 Å². The van der Waals surface area contributed by atoms with E-state index in [1.165, 1.54) is 5.56 Å². The van der Waals surface area contributed by atoms with E-state index in [0.29, 0.717) is 5.56 Å². The van der Waals surface area contributed by atoms with Gasteiger partial charge < -0.3 is 9.73 Å². The van der Waals surface area contributed by atoms with Gasteiger partial charge >= 0.3 is 0 Å². The SMILES string of the molecule is CCc1ccc(C(=O)N[C@H](c2ccccc2)c2ccco2)cc1. The van der Waals surface area contributed by atoms with Gasteiger partial charge in [0.05, 0.1) is 6.26 Å². The zero-order chi connectivity index (χ0) is 16.1. The highest BCUT2D eigenvalue weighted by Crippen LogP contribution is 2.23. The summed E-state index contributed by atoms with van der Waals surface area (Å²) in [6.07, 6.45) is 2.58. The number of rotatable bonds is 5. The number of furan rings is 1. The summed E-state index contributed by atoms with van der Waals surface area (Å²) in [6.45, 7) is 2.09. The second-order valence-electron chi connectivity index (χ2n) is 5.38. The van der Waals surface area contributed by atoms with Gasteiger partial charge in [0.2, 0.25) is 0 Å². The molecule has 1 heterocycles. The lowest BCUT2D eigenvalue weighted by molar-refractivity contribution is 0.0939. The van der Waals surface area contributed by atoms with E-state index in [0.717, 1.165) is 17.7 Å². The second kappa shape index (κ2) is 6.97. The van der Waals surface area contributed by atoms with Crippen molar-refractivity contribution in [3.8, 4) is 0 Å². The van der Waals surface area contributed by atoms with Crippen molar-refractivity contribution in [1.29, 1.82) is 0 Å². The summed E-state index contributed by atoms with van der Waals surface area (Å²) in [5.74, 6) is 0.604. The molecular weight excluding hydrogens is 286 g/mol. The molecule has 0 spiro atoms. The second-order valence-corrected chi connectivity index (χ2v) is 5.38. The van der Waals surface area contributed by atoms with Gasteiger partial charge in [-0.1, -0.05) is 49.4 Å². The Bertz CT molecular complexity index is 746. The third kappa shape index (κ3) is 3.51. The minimum absolute atomic E-state index is 0.113. The van der Waals surface area contributed by atoms with Gasteiger partial charge in [-0.2, -0.15) is 0 Å². The topological polar surface area (TPSA) is 42.2 Å². The summed E-state index contributed by atoms with van der Waals surface area (Å²) in [7, 11) is 0. The lowest BCUT2D eigenvalue weighted by Gasteiger charge is -2.17. The van der Waals surface area contributed by atoms with E-state index in [2.05, 4.69) is 12.2 Å². The number of hydrogen-bond acceptors (Lipinski definition) is 2. The number of amides is 1. The molecule has 0 aliphatic heterocycles. The van der Waals surface area contributed by atoms with Crippen LogP contribution in [0.3, 0.4) is 0 Å². The third-order valence-electron chi connectivity index (χ3n) is 3.86. The van der Waals surface area contributed by atoms with Crippen molar-refractivity contribution in [2.24, 2.45) is 0 Å². The number of aryl methyl sites for hydroxylation is 1. The number of hydrogen-bond donors (Lipinski definition) is 1. The maximum atomic E-state index is 12.6. The first-order chi connectivity index (χ1) is 11.3. The van der Waals surface area contributed by atoms with Crippen LogP contribution in [0.4, 0.5) is 0 Å². The molecule has 0 fully saturated rings. The van der Waals surface area contributed by atoms with Crippen molar-refractivity contribution in [3.05, 3.63) is 95.4 Å². The first-order valence-corrected chi connectivity index (χ1v) is 7.76. The van der Waals surface area contributed by atoms with Crippen molar-refractivity contribution in [3.63, 3.8) is 0 Å². The number of carbonyl (C=O) groups excluding carboxylic acids is 1. The van der Waals surface area contributed by atoms with Gasteiger partial charge in [-0.15, -0.1) is 0 Å². The van der Waals surface area contributed by atoms with E-state index in [1.54, 1.807) is 6.26 Å². The maximum absolute atomic E-state index is 12.6. The van der Waals surface area contributed by atoms with E-state index in [9.17, 15) is 4.79 Å². The molecule has 0 saturated carbocycles. The molecule has 3 nitrogen and oxygen atoms in total. The van der Waals surface area contributed by atoms with Crippen molar-refractivity contribution >= 4 is 5.91 Å². The van der Waals surface area contributed by atoms with Crippen LogP contribution >= 0.6 is 0 Å². The fraction of sp³-hybridized carbons (Fsp3) is 0.150. The fourth-order valence-corrected chi connectivity index (χ4v) is 2.53. The summed E-state index contributed by atoms with van der Waals surface area (Å²) in [4.78, 5) is 12.6. The molecule has 0 unspecified atom stereocenters. The fourth-order valence-electron chi connectivity index (χ4n) is 2.53. The molecule has 1 aromatic heterocycles. The van der Waals surface area contributed by atoms with E-state index in [4.69, 9.17) is 4.42 Å². The van der Waals surface area contributed by atoms with Gasteiger partial charge in [0.25, 0.3) is 5.91 Å². The molecule has 0 radical (unpaired) electrons. The Kier molecular flexibility index (Phi) is 4.57. The van der Waals surface area contributed by atoms with Crippen LogP contribution in [0.25, 0.3) is 0 Å². The molecule has 0 aliphatic carbocycles. The zero-order valence-corrected chi connectivity index (χ0v) is 13.0. The molecule has 116 valence electrons. The average molecular weight is 305 g/mol. The number of nitrogens with one attached hydrogen (secondary N) is 1. The maximum Gasteiger partial charge on any atom is 0.252 e. The molecule has 2 aromatic carbocycles. The molecule has 1 N–H and O–H groups in total. The van der Waals surface area contributed by atoms with E-state index in [1.807, 2.05) is 66.7 Å². The van der Waals surface area contributed by atoms with Gasteiger partial charge in [-0.3, -0.25) is 4.79 Å². The molecule has 0 bridgehead atoms. The quantitative estimate of drug-likeness (QED) is 0.761. The summed E-state index contributed by atoms with van der Waals surface area (Å²) in [6, 6.07) is 20.9. The van der Waals surface area contributed by atoms with Crippen LogP contribution in [-0.4, -0.2) is 5.91 Å². The van der Waals surface area contributed by atoms with Gasteiger partial charge in [0.15, 0.2) is 0 Å². The standard InChI is InChI=1S/C20H19NO2/c1-2-15-10-12-17(13-11-15)20(22)21-19(18-9-6-14-23-18)16-7-4-3-5-8-16/h3-14,19H,2H2,1H3,(H,21,22)/t19-/m1/s1. The Hall–Kier alpha value is -2.81. The Morgan fingerprint density at radius 2 is 1.74 bits per heavy atom. The van der Waals surface area contributed by atoms with E-state index >= 15 is 0 Å². The van der Waals surface area contributed by atoms with Gasteiger partial charge in [0, 0.05) is 5.56 Å². The lowest BCUT2D eigenvalue weighted by Crippen LogP contribution is -2.29. The molecule has 3 rings (SSSR count). The van der Waals surface area contributed by atoms with Crippen LogP contribution in [0.15, 0.2) is 77.4 Å². The van der Waals surface area contributed by atoms with Crippen LogP contribution in [0.5, 0.6) is 0 Å². The van der Waals surface area contributed by atoms with Crippen LogP contribution in [0.1, 0.15) is 40.2 Å². The predicted molar refractivity (Wildman–Crippen MR) is 90.3 cm³/mol. The highest BCUT2D eigenvalue weighted by molar-refractivity contribution is 5.94. The normalized spacial score (nSPS) is 11.9. The van der Waals surface area contributed by atoms with Crippen molar-refractivity contribution in [2.45, 2.75) is 19.4 Å². The third-order valence-corrected chi connectivity index (χ3v) is 3.86. The monoisotopic (exact) mass is 305 g/mol. The smallest absolute Gasteiger partial charge is 0.252 e. The lowest BCUT2D eigenvalue weighted by atomic mass is 10.0. The Labute approximate surface area is 136 Å². The first kappa shape index (κ1) is 15.1. The molecule has 3 aromatic rings. The average Bonchev–Trinajstić information content (AvgIpc) is 3.14. The van der Waals surface area contributed by atoms with Gasteiger partial charge in [-0.05, 0) is 41.8 Å². The van der Waals surface area contributed by atoms with Crippen molar-refractivity contribution in [1.82, 2.24) is 5.32 Å². The van der Waals surface area contributed by atoms with Crippen molar-refractivity contribution < 1.29 is 9.21 Å². The summed E-state index contributed by atoms with van der Waals surface area (Å²) in [5, 5.41) is 3.06. The summed E-state index contributed by atoms with van der Waals surface area (Å²) >= 11 is 0. The minimum Gasteiger partial charge on any atom is -0.467 e. The predicted octanol–water partition coefficient (Wildman–Crippen LogP) is 4.36. The Balaban J connectivity index is 1.85. The summed E-state index contributed by atoms with van der Waals surface area (Å²) < 4.78 is 5.51. The molecule has 1 amide bonds. The number of carbonyl (C=O) groups is 1. The highest BCUT2D eigenvalue weighted by Gasteiger charge is 2.19. The molecule has 3 heteroatoms. The summed E-state index contributed by atoms with van der Waals surface area (Å²) in [5.41, 5.74) is 2.85. The van der Waals surface area contributed by atoms with Crippen LogP contribution in [0.2, 0.25) is 0 Å². The molecule has 23 heavy (non-hydrogen) atoms. The molecule has 0 aliphatic rings. The highest BCUT2D eigenvalue weighted by atomic mass is 16.3.